The Morgan fingerprint density at radius 3 is 2.79 bits per heavy atom. The number of hydrogen-bond acceptors (Lipinski definition) is 3. The van der Waals surface area contributed by atoms with E-state index in [2.05, 4.69) is 5.43 Å². The third-order valence-corrected chi connectivity index (χ3v) is 2.82. The minimum Gasteiger partial charge on any atom is -0.311 e. The van der Waals surface area contributed by atoms with Crippen LogP contribution in [0.2, 0.25) is 0 Å². The maximum absolute atomic E-state index is 11.8. The van der Waals surface area contributed by atoms with E-state index in [-0.39, 0.29) is 11.5 Å². The van der Waals surface area contributed by atoms with E-state index in [9.17, 15) is 9.59 Å². The standard InChI is InChI=1S/C14H15N3O2/c1-10-5-6-17(13(18)7-10)9-11-3-2-4-12(8-11)14(19)16-15/h2-8H,9,15H2,1H3,(H,16,19). The van der Waals surface area contributed by atoms with Crippen LogP contribution in [0.4, 0.5) is 0 Å². The van der Waals surface area contributed by atoms with Crippen molar-refractivity contribution in [1.82, 2.24) is 9.99 Å². The van der Waals surface area contributed by atoms with Crippen LogP contribution in [0.15, 0.2) is 47.4 Å². The number of nitrogens with two attached hydrogens (primary N) is 1. The molecule has 19 heavy (non-hydrogen) atoms. The summed E-state index contributed by atoms with van der Waals surface area (Å²) in [6.07, 6.45) is 1.74. The van der Waals surface area contributed by atoms with Crippen LogP contribution < -0.4 is 16.8 Å². The maximum Gasteiger partial charge on any atom is 0.265 e. The van der Waals surface area contributed by atoms with Gasteiger partial charge in [0.1, 0.15) is 0 Å². The van der Waals surface area contributed by atoms with Crippen LogP contribution in [0.25, 0.3) is 0 Å². The molecule has 1 aromatic carbocycles. The fourth-order valence-corrected chi connectivity index (χ4v) is 1.83. The van der Waals surface area contributed by atoms with Crippen LogP contribution in [0, 0.1) is 6.92 Å². The van der Waals surface area contributed by atoms with Crippen molar-refractivity contribution in [2.75, 3.05) is 0 Å². The molecule has 0 aliphatic rings. The molecule has 0 unspecified atom stereocenters. The third-order valence-electron chi connectivity index (χ3n) is 2.82. The molecular formula is C14H15N3O2. The normalized spacial score (nSPS) is 10.2. The van der Waals surface area contributed by atoms with Gasteiger partial charge in [-0.3, -0.25) is 15.0 Å². The Morgan fingerprint density at radius 1 is 1.32 bits per heavy atom. The highest BCUT2D eigenvalue weighted by Gasteiger charge is 2.05. The number of aromatic nitrogens is 1. The van der Waals surface area contributed by atoms with Gasteiger partial charge in [0.05, 0.1) is 6.54 Å². The Bertz CT molecular complexity index is 662. The minimum absolute atomic E-state index is 0.0614. The zero-order valence-electron chi connectivity index (χ0n) is 10.6. The van der Waals surface area contributed by atoms with E-state index in [4.69, 9.17) is 5.84 Å². The molecule has 3 N–H and O–H groups in total. The van der Waals surface area contributed by atoms with Gasteiger partial charge in [0, 0.05) is 17.8 Å². The molecule has 0 spiro atoms. The second kappa shape index (κ2) is 5.49. The predicted octanol–water partition coefficient (Wildman–Crippen LogP) is 0.809. The zero-order valence-corrected chi connectivity index (χ0v) is 10.6. The molecule has 0 fully saturated rings. The van der Waals surface area contributed by atoms with Crippen molar-refractivity contribution >= 4 is 5.91 Å². The number of nitrogens with one attached hydrogen (secondary N) is 1. The van der Waals surface area contributed by atoms with Gasteiger partial charge in [-0.2, -0.15) is 0 Å². The number of hydrazine groups is 1. The van der Waals surface area contributed by atoms with E-state index < -0.39 is 0 Å². The van der Waals surface area contributed by atoms with Crippen LogP contribution in [0.3, 0.4) is 0 Å². The zero-order chi connectivity index (χ0) is 13.8. The lowest BCUT2D eigenvalue weighted by atomic mass is 10.1. The number of aryl methyl sites for hydroxylation is 1. The summed E-state index contributed by atoms with van der Waals surface area (Å²) in [5.74, 6) is 4.74. The molecule has 0 aliphatic carbocycles. The largest absolute Gasteiger partial charge is 0.311 e. The first kappa shape index (κ1) is 13.0. The van der Waals surface area contributed by atoms with Crippen LogP contribution in [-0.4, -0.2) is 10.5 Å². The van der Waals surface area contributed by atoms with Crippen LogP contribution >= 0.6 is 0 Å². The number of nitrogens with zero attached hydrogens (tertiary/aromatic N) is 1. The van der Waals surface area contributed by atoms with Gasteiger partial charge >= 0.3 is 0 Å². The number of benzene rings is 1. The van der Waals surface area contributed by atoms with Crippen molar-refractivity contribution in [3.8, 4) is 0 Å². The summed E-state index contributed by atoms with van der Waals surface area (Å²) in [5.41, 5.74) is 4.29. The van der Waals surface area contributed by atoms with Gasteiger partial charge in [0.15, 0.2) is 0 Å². The summed E-state index contributed by atoms with van der Waals surface area (Å²) in [6, 6.07) is 10.5. The lowest BCUT2D eigenvalue weighted by Crippen LogP contribution is -2.30. The van der Waals surface area contributed by atoms with E-state index in [1.54, 1.807) is 35.0 Å². The Balaban J connectivity index is 2.28. The van der Waals surface area contributed by atoms with E-state index in [1.165, 1.54) is 0 Å². The number of rotatable bonds is 3. The fraction of sp³-hybridized carbons (Fsp3) is 0.143. The Labute approximate surface area is 110 Å². The molecule has 2 rings (SSSR count). The molecule has 2 aromatic rings. The molecule has 0 saturated heterocycles. The third kappa shape index (κ3) is 3.08. The number of amides is 1. The number of nitrogen functional groups attached to an aromatic ring is 1. The number of carbonyl (C=O) groups is 1. The monoisotopic (exact) mass is 257 g/mol. The van der Waals surface area contributed by atoms with Gasteiger partial charge in [0.2, 0.25) is 0 Å². The molecular weight excluding hydrogens is 242 g/mol. The highest BCUT2D eigenvalue weighted by molar-refractivity contribution is 5.93. The lowest BCUT2D eigenvalue weighted by molar-refractivity contribution is 0.0953. The lowest BCUT2D eigenvalue weighted by Gasteiger charge is -2.07. The van der Waals surface area contributed by atoms with E-state index in [1.807, 2.05) is 19.1 Å². The number of carbonyl (C=O) groups excluding carboxylic acids is 1. The van der Waals surface area contributed by atoms with Crippen molar-refractivity contribution in [1.29, 1.82) is 0 Å². The SMILES string of the molecule is Cc1ccn(Cc2cccc(C(=O)NN)c2)c(=O)c1. The minimum atomic E-state index is -0.349. The first-order chi connectivity index (χ1) is 9.10. The smallest absolute Gasteiger partial charge is 0.265 e. The van der Waals surface area contributed by atoms with Crippen molar-refractivity contribution in [2.24, 2.45) is 5.84 Å². The molecule has 1 aromatic heterocycles. The first-order valence-corrected chi connectivity index (χ1v) is 5.87. The molecule has 0 saturated carbocycles. The topological polar surface area (TPSA) is 77.1 Å². The van der Waals surface area contributed by atoms with Gasteiger partial charge in [0.25, 0.3) is 11.5 Å². The highest BCUT2D eigenvalue weighted by atomic mass is 16.2. The van der Waals surface area contributed by atoms with Crippen molar-refractivity contribution in [2.45, 2.75) is 13.5 Å². The summed E-state index contributed by atoms with van der Waals surface area (Å²) in [7, 11) is 0. The van der Waals surface area contributed by atoms with Gasteiger partial charge < -0.3 is 4.57 Å². The second-order valence-corrected chi connectivity index (χ2v) is 4.34. The van der Waals surface area contributed by atoms with E-state index >= 15 is 0 Å². The molecule has 1 heterocycles. The second-order valence-electron chi connectivity index (χ2n) is 4.34. The Kier molecular flexibility index (Phi) is 3.77. The Hall–Kier alpha value is -2.40. The van der Waals surface area contributed by atoms with Crippen molar-refractivity contribution in [3.05, 3.63) is 69.6 Å². The molecule has 1 amide bonds. The molecule has 0 atom stereocenters. The number of pyridine rings is 1. The summed E-state index contributed by atoms with van der Waals surface area (Å²) in [4.78, 5) is 23.2. The Morgan fingerprint density at radius 2 is 2.11 bits per heavy atom. The van der Waals surface area contributed by atoms with Crippen LogP contribution in [0.5, 0.6) is 0 Å². The van der Waals surface area contributed by atoms with Gasteiger partial charge in [-0.15, -0.1) is 0 Å². The van der Waals surface area contributed by atoms with Crippen molar-refractivity contribution in [3.63, 3.8) is 0 Å². The summed E-state index contributed by atoms with van der Waals surface area (Å²) in [5, 5.41) is 0. The average Bonchev–Trinajstić information content (AvgIpc) is 2.41. The molecule has 0 aliphatic heterocycles. The number of hydrogen-bond donors (Lipinski definition) is 2. The van der Waals surface area contributed by atoms with E-state index in [0.717, 1.165) is 11.1 Å². The summed E-state index contributed by atoms with van der Waals surface area (Å²) >= 11 is 0. The van der Waals surface area contributed by atoms with E-state index in [0.29, 0.717) is 12.1 Å². The summed E-state index contributed by atoms with van der Waals surface area (Å²) in [6.45, 7) is 2.29. The molecule has 0 bridgehead atoms. The van der Waals surface area contributed by atoms with Crippen LogP contribution in [0.1, 0.15) is 21.5 Å². The summed E-state index contributed by atoms with van der Waals surface area (Å²) < 4.78 is 1.59. The predicted molar refractivity (Wildman–Crippen MR) is 72.6 cm³/mol. The molecule has 5 heteroatoms. The molecule has 98 valence electrons. The molecule has 0 radical (unpaired) electrons. The van der Waals surface area contributed by atoms with Gasteiger partial charge in [-0.25, -0.2) is 5.84 Å². The fourth-order valence-electron chi connectivity index (χ4n) is 1.83. The first-order valence-electron chi connectivity index (χ1n) is 5.87. The highest BCUT2D eigenvalue weighted by Crippen LogP contribution is 2.06. The van der Waals surface area contributed by atoms with Gasteiger partial charge in [-0.05, 0) is 36.2 Å². The van der Waals surface area contributed by atoms with Crippen molar-refractivity contribution < 1.29 is 4.79 Å². The quantitative estimate of drug-likeness (QED) is 0.485. The maximum atomic E-state index is 11.8. The average molecular weight is 257 g/mol. The van der Waals surface area contributed by atoms with Crippen LogP contribution in [-0.2, 0) is 6.54 Å². The molecule has 5 nitrogen and oxygen atoms in total. The van der Waals surface area contributed by atoms with Gasteiger partial charge in [-0.1, -0.05) is 12.1 Å².